The Kier molecular flexibility index (Phi) is 7.25. The number of carbonyl (C=O) groups excluding carboxylic acids is 2. The Hall–Kier alpha value is -2.08. The number of likely N-dealkylation sites (N-methyl/N-ethyl adjacent to an activating group) is 1. The minimum absolute atomic E-state index is 0.0353. The van der Waals surface area contributed by atoms with Crippen molar-refractivity contribution < 1.29 is 19.1 Å². The van der Waals surface area contributed by atoms with Gasteiger partial charge >= 0.3 is 0 Å². The summed E-state index contributed by atoms with van der Waals surface area (Å²) < 4.78 is 11.4. The van der Waals surface area contributed by atoms with Gasteiger partial charge in [-0.1, -0.05) is 12.1 Å². The number of nitrogens with one attached hydrogen (secondary N) is 1. The average molecular weight is 348 g/mol. The third kappa shape index (κ3) is 5.74. The molecule has 2 rings (SSSR count). The number of carbonyl (C=O) groups is 2. The maximum Gasteiger partial charge on any atom is 0.258 e. The zero-order valence-corrected chi connectivity index (χ0v) is 15.3. The Morgan fingerprint density at radius 3 is 2.76 bits per heavy atom. The maximum absolute atomic E-state index is 12.8. The second-order valence-corrected chi connectivity index (χ2v) is 6.48. The van der Waals surface area contributed by atoms with Crippen molar-refractivity contribution in [1.82, 2.24) is 10.2 Å². The second kappa shape index (κ2) is 9.42. The molecular formula is C19H28N2O4. The lowest BCUT2D eigenvalue weighted by Crippen LogP contribution is -2.42. The van der Waals surface area contributed by atoms with Crippen LogP contribution < -0.4 is 10.1 Å². The van der Waals surface area contributed by atoms with Crippen LogP contribution in [0, 0.1) is 0 Å². The van der Waals surface area contributed by atoms with E-state index in [9.17, 15) is 9.59 Å². The normalized spacial score (nSPS) is 16.7. The molecular weight excluding hydrogens is 320 g/mol. The maximum atomic E-state index is 12.8. The first-order valence-electron chi connectivity index (χ1n) is 8.93. The molecule has 0 aromatic heterocycles. The monoisotopic (exact) mass is 348 g/mol. The lowest BCUT2D eigenvalue weighted by molar-refractivity contribution is -0.122. The summed E-state index contributed by atoms with van der Waals surface area (Å²) in [6.45, 7) is 7.33. The van der Waals surface area contributed by atoms with E-state index in [0.717, 1.165) is 19.4 Å². The lowest BCUT2D eigenvalue weighted by atomic mass is 10.1. The summed E-state index contributed by atoms with van der Waals surface area (Å²) in [6, 6.07) is 7.20. The van der Waals surface area contributed by atoms with Gasteiger partial charge in [0.15, 0.2) is 0 Å². The van der Waals surface area contributed by atoms with E-state index in [-0.39, 0.29) is 30.5 Å². The molecule has 1 heterocycles. The minimum atomic E-state index is -0.204. The third-order valence-corrected chi connectivity index (χ3v) is 4.02. The summed E-state index contributed by atoms with van der Waals surface area (Å²) in [5.41, 5.74) is 0.472. The Balaban J connectivity index is 2.04. The molecule has 1 saturated heterocycles. The molecule has 1 fully saturated rings. The molecule has 6 nitrogen and oxygen atoms in total. The largest absolute Gasteiger partial charge is 0.490 e. The molecule has 0 saturated carbocycles. The van der Waals surface area contributed by atoms with Crippen LogP contribution in [0.4, 0.5) is 0 Å². The van der Waals surface area contributed by atoms with Crippen LogP contribution >= 0.6 is 0 Å². The number of nitrogens with zero attached hydrogens (tertiary/aromatic N) is 1. The predicted molar refractivity (Wildman–Crippen MR) is 95.8 cm³/mol. The molecule has 1 aliphatic rings. The third-order valence-electron chi connectivity index (χ3n) is 4.02. The van der Waals surface area contributed by atoms with E-state index in [2.05, 4.69) is 5.32 Å². The molecule has 1 N–H and O–H groups in total. The van der Waals surface area contributed by atoms with Gasteiger partial charge in [-0.05, 0) is 45.7 Å². The highest BCUT2D eigenvalue weighted by atomic mass is 16.5. The van der Waals surface area contributed by atoms with Crippen molar-refractivity contribution in [2.45, 2.75) is 45.8 Å². The number of hydrogen-bond donors (Lipinski definition) is 1. The van der Waals surface area contributed by atoms with Gasteiger partial charge in [-0.25, -0.2) is 0 Å². The standard InChI is InChI=1S/C19H28N2O4/c1-4-21(12-18(22)20-14(2)3)19(23)16-9-5-6-10-17(16)25-13-15-8-7-11-24-15/h5-6,9-10,14-15H,4,7-8,11-13H2,1-3H3,(H,20,22). The molecule has 0 bridgehead atoms. The number of benzene rings is 1. The fourth-order valence-corrected chi connectivity index (χ4v) is 2.77. The van der Waals surface area contributed by atoms with E-state index in [0.29, 0.717) is 24.5 Å². The van der Waals surface area contributed by atoms with Crippen molar-refractivity contribution in [3.63, 3.8) is 0 Å². The van der Waals surface area contributed by atoms with E-state index in [4.69, 9.17) is 9.47 Å². The molecule has 1 unspecified atom stereocenters. The van der Waals surface area contributed by atoms with Gasteiger partial charge in [0, 0.05) is 19.2 Å². The number of rotatable bonds is 8. The molecule has 1 atom stereocenters. The smallest absolute Gasteiger partial charge is 0.258 e. The van der Waals surface area contributed by atoms with Crippen LogP contribution in [0.3, 0.4) is 0 Å². The van der Waals surface area contributed by atoms with Crippen LogP contribution in [0.15, 0.2) is 24.3 Å². The first-order valence-corrected chi connectivity index (χ1v) is 8.93. The SMILES string of the molecule is CCN(CC(=O)NC(C)C)C(=O)c1ccccc1OCC1CCCO1. The van der Waals surface area contributed by atoms with E-state index in [1.165, 1.54) is 4.90 Å². The fraction of sp³-hybridized carbons (Fsp3) is 0.579. The Bertz CT molecular complexity index is 583. The van der Waals surface area contributed by atoms with Gasteiger partial charge in [-0.2, -0.15) is 0 Å². The van der Waals surface area contributed by atoms with Gasteiger partial charge < -0.3 is 19.7 Å². The molecule has 0 spiro atoms. The fourth-order valence-electron chi connectivity index (χ4n) is 2.77. The summed E-state index contributed by atoms with van der Waals surface area (Å²) in [5.74, 6) is 0.165. The van der Waals surface area contributed by atoms with Crippen LogP contribution in [0.2, 0.25) is 0 Å². The summed E-state index contributed by atoms with van der Waals surface area (Å²) >= 11 is 0. The molecule has 25 heavy (non-hydrogen) atoms. The van der Waals surface area contributed by atoms with Crippen molar-refractivity contribution in [2.24, 2.45) is 0 Å². The number of para-hydroxylation sites is 1. The minimum Gasteiger partial charge on any atom is -0.490 e. The van der Waals surface area contributed by atoms with E-state index in [1.54, 1.807) is 18.2 Å². The zero-order chi connectivity index (χ0) is 18.2. The van der Waals surface area contributed by atoms with Crippen LogP contribution in [0.5, 0.6) is 5.75 Å². The number of hydrogen-bond acceptors (Lipinski definition) is 4. The van der Waals surface area contributed by atoms with Crippen LogP contribution in [0.1, 0.15) is 44.0 Å². The van der Waals surface area contributed by atoms with Gasteiger partial charge in [-0.15, -0.1) is 0 Å². The Labute approximate surface area is 149 Å². The van der Waals surface area contributed by atoms with Crippen molar-refractivity contribution in [1.29, 1.82) is 0 Å². The van der Waals surface area contributed by atoms with Gasteiger partial charge in [0.2, 0.25) is 5.91 Å². The van der Waals surface area contributed by atoms with Gasteiger partial charge in [-0.3, -0.25) is 9.59 Å². The van der Waals surface area contributed by atoms with Crippen molar-refractivity contribution in [3.05, 3.63) is 29.8 Å². The molecule has 138 valence electrons. The van der Waals surface area contributed by atoms with Crippen LogP contribution in [-0.2, 0) is 9.53 Å². The van der Waals surface area contributed by atoms with Crippen molar-refractivity contribution in [3.8, 4) is 5.75 Å². The van der Waals surface area contributed by atoms with Gasteiger partial charge in [0.25, 0.3) is 5.91 Å². The van der Waals surface area contributed by atoms with Crippen molar-refractivity contribution in [2.75, 3.05) is 26.3 Å². The summed E-state index contributed by atoms with van der Waals surface area (Å²) in [7, 11) is 0. The van der Waals surface area contributed by atoms with Crippen molar-refractivity contribution >= 4 is 11.8 Å². The summed E-state index contributed by atoms with van der Waals surface area (Å²) in [5, 5.41) is 2.81. The Morgan fingerprint density at radius 1 is 1.36 bits per heavy atom. The van der Waals surface area contributed by atoms with E-state index in [1.807, 2.05) is 26.8 Å². The lowest BCUT2D eigenvalue weighted by Gasteiger charge is -2.22. The highest BCUT2D eigenvalue weighted by Crippen LogP contribution is 2.22. The number of ether oxygens (including phenoxy) is 2. The predicted octanol–water partition coefficient (Wildman–Crippen LogP) is 2.23. The molecule has 0 aliphatic carbocycles. The summed E-state index contributed by atoms with van der Waals surface area (Å²) in [4.78, 5) is 26.4. The van der Waals surface area contributed by atoms with Crippen LogP contribution in [0.25, 0.3) is 0 Å². The molecule has 0 radical (unpaired) electrons. The molecule has 1 aromatic rings. The highest BCUT2D eigenvalue weighted by Gasteiger charge is 2.22. The van der Waals surface area contributed by atoms with Gasteiger partial charge in [0.05, 0.1) is 18.2 Å². The van der Waals surface area contributed by atoms with E-state index < -0.39 is 0 Å². The molecule has 2 amide bonds. The number of amides is 2. The quantitative estimate of drug-likeness (QED) is 0.782. The molecule has 6 heteroatoms. The highest BCUT2D eigenvalue weighted by molar-refractivity contribution is 5.98. The summed E-state index contributed by atoms with van der Waals surface area (Å²) in [6.07, 6.45) is 2.11. The second-order valence-electron chi connectivity index (χ2n) is 6.48. The van der Waals surface area contributed by atoms with Crippen LogP contribution in [-0.4, -0.2) is 55.2 Å². The van der Waals surface area contributed by atoms with E-state index >= 15 is 0 Å². The average Bonchev–Trinajstić information content (AvgIpc) is 3.10. The first kappa shape index (κ1) is 19.2. The topological polar surface area (TPSA) is 67.9 Å². The molecule has 1 aliphatic heterocycles. The molecule has 1 aromatic carbocycles. The Morgan fingerprint density at radius 2 is 2.12 bits per heavy atom. The first-order chi connectivity index (χ1) is 12.0. The zero-order valence-electron chi connectivity index (χ0n) is 15.3. The van der Waals surface area contributed by atoms with Gasteiger partial charge in [0.1, 0.15) is 12.4 Å².